The van der Waals surface area contributed by atoms with E-state index >= 15 is 0 Å². The fourth-order valence-corrected chi connectivity index (χ4v) is 1.26. The Hall–Kier alpha value is -2.23. The van der Waals surface area contributed by atoms with Gasteiger partial charge in [-0.15, -0.1) is 0 Å². The van der Waals surface area contributed by atoms with Gasteiger partial charge in [0.25, 0.3) is 5.91 Å². The van der Waals surface area contributed by atoms with Crippen LogP contribution in [0.1, 0.15) is 6.92 Å². The zero-order valence-corrected chi connectivity index (χ0v) is 9.97. The summed E-state index contributed by atoms with van der Waals surface area (Å²) in [5.41, 5.74) is 1.16. The minimum Gasteiger partial charge on any atom is -0.322 e. The quantitative estimate of drug-likeness (QED) is 0.641. The second-order valence-corrected chi connectivity index (χ2v) is 3.73. The predicted molar refractivity (Wildman–Crippen MR) is 68.1 cm³/mol. The number of anilines is 1. The third-order valence-electron chi connectivity index (χ3n) is 2.06. The standard InChI is InChI=1S/C14H13F2NO/c1-4-10(7-9(2)3)14(18)17-11-5-6-12(15)13(16)8-11/h4-8H,1-2H2,3H3,(H,17,18)/b10-7+. The summed E-state index contributed by atoms with van der Waals surface area (Å²) in [4.78, 5) is 11.8. The number of hydrogen-bond acceptors (Lipinski definition) is 1. The first kappa shape index (κ1) is 13.8. The van der Waals surface area contributed by atoms with Gasteiger partial charge < -0.3 is 5.32 Å². The van der Waals surface area contributed by atoms with E-state index < -0.39 is 17.5 Å². The molecular weight excluding hydrogens is 236 g/mol. The Morgan fingerprint density at radius 1 is 1.33 bits per heavy atom. The predicted octanol–water partition coefficient (Wildman–Crippen LogP) is 3.59. The van der Waals surface area contributed by atoms with Gasteiger partial charge in [-0.05, 0) is 25.1 Å². The lowest BCUT2D eigenvalue weighted by molar-refractivity contribution is -0.112. The van der Waals surface area contributed by atoms with Gasteiger partial charge in [-0.25, -0.2) is 8.78 Å². The van der Waals surface area contributed by atoms with Crippen molar-refractivity contribution < 1.29 is 13.6 Å². The number of rotatable bonds is 4. The Labute approximate surface area is 104 Å². The van der Waals surface area contributed by atoms with Gasteiger partial charge in [0, 0.05) is 17.3 Å². The summed E-state index contributed by atoms with van der Waals surface area (Å²) in [6, 6.07) is 3.13. The monoisotopic (exact) mass is 249 g/mol. The molecule has 1 rings (SSSR count). The van der Waals surface area contributed by atoms with Crippen LogP contribution < -0.4 is 5.32 Å². The molecule has 1 amide bonds. The molecule has 1 N–H and O–H groups in total. The summed E-state index contributed by atoms with van der Waals surface area (Å²) in [6.07, 6.45) is 2.91. The van der Waals surface area contributed by atoms with Gasteiger partial charge in [0.1, 0.15) is 0 Å². The van der Waals surface area contributed by atoms with Crippen LogP contribution >= 0.6 is 0 Å². The largest absolute Gasteiger partial charge is 0.322 e. The molecule has 2 nitrogen and oxygen atoms in total. The Kier molecular flexibility index (Phi) is 4.54. The molecule has 0 heterocycles. The van der Waals surface area contributed by atoms with Crippen molar-refractivity contribution >= 4 is 11.6 Å². The normalized spacial score (nSPS) is 10.9. The lowest BCUT2D eigenvalue weighted by atomic mass is 10.1. The highest BCUT2D eigenvalue weighted by molar-refractivity contribution is 6.05. The Morgan fingerprint density at radius 2 is 2.00 bits per heavy atom. The number of hydrogen-bond donors (Lipinski definition) is 1. The first-order valence-electron chi connectivity index (χ1n) is 5.20. The molecule has 0 atom stereocenters. The second-order valence-electron chi connectivity index (χ2n) is 3.73. The minimum absolute atomic E-state index is 0.174. The third kappa shape index (κ3) is 3.66. The summed E-state index contributed by atoms with van der Waals surface area (Å²) in [6.45, 7) is 8.88. The SMILES string of the molecule is C=C/C(=C\C(=C)C)C(=O)Nc1ccc(F)c(F)c1. The molecule has 0 aliphatic carbocycles. The van der Waals surface area contributed by atoms with Gasteiger partial charge in [-0.2, -0.15) is 0 Å². The molecular formula is C14H13F2NO. The Morgan fingerprint density at radius 3 is 2.50 bits per heavy atom. The van der Waals surface area contributed by atoms with Crippen molar-refractivity contribution in [2.24, 2.45) is 0 Å². The average Bonchev–Trinajstić information content (AvgIpc) is 2.30. The van der Waals surface area contributed by atoms with Crippen LogP contribution in [0, 0.1) is 11.6 Å². The van der Waals surface area contributed by atoms with Crippen LogP contribution in [0.5, 0.6) is 0 Å². The number of allylic oxidation sites excluding steroid dienone is 2. The molecule has 0 aromatic heterocycles. The van der Waals surface area contributed by atoms with E-state index in [0.29, 0.717) is 11.1 Å². The van der Waals surface area contributed by atoms with Crippen molar-refractivity contribution in [1.29, 1.82) is 0 Å². The zero-order chi connectivity index (χ0) is 13.7. The fourth-order valence-electron chi connectivity index (χ4n) is 1.26. The first-order chi connectivity index (χ1) is 8.43. The van der Waals surface area contributed by atoms with Crippen molar-refractivity contribution in [3.8, 4) is 0 Å². The summed E-state index contributed by atoms with van der Waals surface area (Å²) in [5, 5.41) is 2.44. The molecule has 0 fully saturated rings. The summed E-state index contributed by atoms with van der Waals surface area (Å²) >= 11 is 0. The van der Waals surface area contributed by atoms with Crippen LogP contribution in [0.25, 0.3) is 0 Å². The summed E-state index contributed by atoms with van der Waals surface area (Å²) in [7, 11) is 0. The fraction of sp³-hybridized carbons (Fsp3) is 0.0714. The van der Waals surface area contributed by atoms with Gasteiger partial charge in [-0.1, -0.05) is 24.8 Å². The number of carbonyl (C=O) groups excluding carboxylic acids is 1. The highest BCUT2D eigenvalue weighted by Crippen LogP contribution is 2.14. The minimum atomic E-state index is -1.02. The molecule has 94 valence electrons. The number of carbonyl (C=O) groups is 1. The van der Waals surface area contributed by atoms with E-state index in [0.717, 1.165) is 12.1 Å². The van der Waals surface area contributed by atoms with Gasteiger partial charge in [0.2, 0.25) is 0 Å². The molecule has 0 saturated heterocycles. The molecule has 0 aliphatic heterocycles. The molecule has 0 saturated carbocycles. The summed E-state index contributed by atoms with van der Waals surface area (Å²) in [5.74, 6) is -2.44. The Bertz CT molecular complexity index is 533. The number of halogens is 2. The lowest BCUT2D eigenvalue weighted by Crippen LogP contribution is -2.13. The molecule has 0 unspecified atom stereocenters. The van der Waals surface area contributed by atoms with Crippen LogP contribution in [0.4, 0.5) is 14.5 Å². The first-order valence-corrected chi connectivity index (χ1v) is 5.20. The van der Waals surface area contributed by atoms with E-state index in [9.17, 15) is 13.6 Å². The van der Waals surface area contributed by atoms with Crippen molar-refractivity contribution in [2.45, 2.75) is 6.92 Å². The van der Waals surface area contributed by atoms with Gasteiger partial charge in [0.05, 0.1) is 0 Å². The third-order valence-corrected chi connectivity index (χ3v) is 2.06. The molecule has 0 radical (unpaired) electrons. The van der Waals surface area contributed by atoms with Gasteiger partial charge >= 0.3 is 0 Å². The van der Waals surface area contributed by atoms with E-state index in [-0.39, 0.29) is 5.69 Å². The molecule has 4 heteroatoms. The van der Waals surface area contributed by atoms with Gasteiger partial charge in [0.15, 0.2) is 11.6 Å². The van der Waals surface area contributed by atoms with E-state index in [1.54, 1.807) is 13.0 Å². The van der Waals surface area contributed by atoms with E-state index in [4.69, 9.17) is 0 Å². The van der Waals surface area contributed by atoms with Crippen LogP contribution in [0.15, 0.2) is 54.7 Å². The number of nitrogens with one attached hydrogen (secondary N) is 1. The van der Waals surface area contributed by atoms with E-state index in [1.165, 1.54) is 12.1 Å². The van der Waals surface area contributed by atoms with Crippen molar-refractivity contribution in [1.82, 2.24) is 0 Å². The highest BCUT2D eigenvalue weighted by Gasteiger charge is 2.08. The molecule has 18 heavy (non-hydrogen) atoms. The van der Waals surface area contributed by atoms with E-state index in [1.807, 2.05) is 0 Å². The number of amides is 1. The van der Waals surface area contributed by atoms with Crippen LogP contribution in [-0.2, 0) is 4.79 Å². The van der Waals surface area contributed by atoms with Crippen LogP contribution in [-0.4, -0.2) is 5.91 Å². The Balaban J connectivity index is 2.90. The summed E-state index contributed by atoms with van der Waals surface area (Å²) < 4.78 is 25.7. The average molecular weight is 249 g/mol. The smallest absolute Gasteiger partial charge is 0.255 e. The number of benzene rings is 1. The second kappa shape index (κ2) is 5.91. The van der Waals surface area contributed by atoms with Gasteiger partial charge in [-0.3, -0.25) is 4.79 Å². The maximum Gasteiger partial charge on any atom is 0.255 e. The lowest BCUT2D eigenvalue weighted by Gasteiger charge is -2.06. The van der Waals surface area contributed by atoms with E-state index in [2.05, 4.69) is 18.5 Å². The van der Waals surface area contributed by atoms with Crippen molar-refractivity contribution in [2.75, 3.05) is 5.32 Å². The molecule has 0 aliphatic rings. The maximum absolute atomic E-state index is 12.9. The van der Waals surface area contributed by atoms with Crippen LogP contribution in [0.3, 0.4) is 0 Å². The van der Waals surface area contributed by atoms with Crippen molar-refractivity contribution in [3.05, 3.63) is 66.3 Å². The molecule has 1 aromatic carbocycles. The zero-order valence-electron chi connectivity index (χ0n) is 9.97. The van der Waals surface area contributed by atoms with Crippen LogP contribution in [0.2, 0.25) is 0 Å². The van der Waals surface area contributed by atoms with Crippen molar-refractivity contribution in [3.63, 3.8) is 0 Å². The molecule has 0 spiro atoms. The highest BCUT2D eigenvalue weighted by atomic mass is 19.2. The topological polar surface area (TPSA) is 29.1 Å². The maximum atomic E-state index is 12.9. The molecule has 1 aromatic rings. The molecule has 0 bridgehead atoms.